The molecule has 0 saturated heterocycles. The van der Waals surface area contributed by atoms with E-state index in [1.807, 2.05) is 12.1 Å². The summed E-state index contributed by atoms with van der Waals surface area (Å²) in [5, 5.41) is 10.6. The number of aromatic hydroxyl groups is 1. The summed E-state index contributed by atoms with van der Waals surface area (Å²) in [7, 11) is 0. The first-order chi connectivity index (χ1) is 15.2. The molecule has 0 radical (unpaired) electrons. The van der Waals surface area contributed by atoms with Gasteiger partial charge in [0, 0.05) is 17.8 Å². The van der Waals surface area contributed by atoms with Crippen LogP contribution in [0.3, 0.4) is 0 Å². The van der Waals surface area contributed by atoms with Gasteiger partial charge in [-0.05, 0) is 61.7 Å². The smallest absolute Gasteiger partial charge is 0.493 e. The van der Waals surface area contributed by atoms with E-state index in [1.54, 1.807) is 13.1 Å². The summed E-state index contributed by atoms with van der Waals surface area (Å²) in [4.78, 5) is 17.6. The van der Waals surface area contributed by atoms with Crippen molar-refractivity contribution < 1.29 is 23.0 Å². The molecule has 170 valence electrons. The van der Waals surface area contributed by atoms with Crippen molar-refractivity contribution in [2.24, 2.45) is 0 Å². The van der Waals surface area contributed by atoms with E-state index in [1.165, 1.54) is 36.0 Å². The lowest BCUT2D eigenvalue weighted by atomic mass is 9.86. The molecule has 1 fully saturated rings. The first-order valence-corrected chi connectivity index (χ1v) is 10.5. The van der Waals surface area contributed by atoms with Gasteiger partial charge in [0.05, 0.1) is 17.9 Å². The summed E-state index contributed by atoms with van der Waals surface area (Å²) in [6.45, 7) is 1.88. The lowest BCUT2D eigenvalue weighted by Gasteiger charge is -2.21. The number of alkyl halides is 3. The van der Waals surface area contributed by atoms with Crippen molar-refractivity contribution in [3.05, 3.63) is 70.0 Å². The summed E-state index contributed by atoms with van der Waals surface area (Å²) in [5.74, 6) is -0.241. The van der Waals surface area contributed by atoms with E-state index < -0.39 is 17.8 Å². The molecule has 1 aliphatic carbocycles. The summed E-state index contributed by atoms with van der Waals surface area (Å²) in [6.07, 6.45) is 2.80. The molecule has 3 aromatic rings. The average Bonchev–Trinajstić information content (AvgIpc) is 2.97. The lowest BCUT2D eigenvalue weighted by molar-refractivity contribution is -0.274. The van der Waals surface area contributed by atoms with E-state index in [0.717, 1.165) is 40.8 Å². The van der Waals surface area contributed by atoms with Gasteiger partial charge in [-0.2, -0.15) is 0 Å². The second kappa shape index (κ2) is 8.72. The van der Waals surface area contributed by atoms with Crippen molar-refractivity contribution in [2.45, 2.75) is 57.9 Å². The van der Waals surface area contributed by atoms with Crippen LogP contribution in [0, 0.1) is 6.92 Å². The summed E-state index contributed by atoms with van der Waals surface area (Å²) in [6, 6.07) is 8.63. The van der Waals surface area contributed by atoms with Crippen LogP contribution in [0.5, 0.6) is 11.6 Å². The van der Waals surface area contributed by atoms with E-state index in [9.17, 15) is 23.1 Å². The summed E-state index contributed by atoms with van der Waals surface area (Å²) >= 11 is 0. The molecule has 2 aromatic heterocycles. The number of ether oxygens (including phenoxy) is 1. The first-order valence-electron chi connectivity index (χ1n) is 10.5. The molecule has 1 N–H and O–H groups in total. The molecule has 0 spiro atoms. The van der Waals surface area contributed by atoms with Gasteiger partial charge < -0.3 is 9.84 Å². The Labute approximate surface area is 182 Å². The Morgan fingerprint density at radius 1 is 1.12 bits per heavy atom. The Kier molecular flexibility index (Phi) is 5.99. The Hall–Kier alpha value is -3.23. The number of nitrogens with zero attached hydrogens (tertiary/aromatic N) is 3. The van der Waals surface area contributed by atoms with Gasteiger partial charge in [0.15, 0.2) is 0 Å². The fourth-order valence-corrected chi connectivity index (χ4v) is 4.25. The maximum Gasteiger partial charge on any atom is 0.573 e. The fourth-order valence-electron chi connectivity index (χ4n) is 4.25. The zero-order chi connectivity index (χ0) is 22.9. The van der Waals surface area contributed by atoms with Gasteiger partial charge >= 0.3 is 12.1 Å². The molecule has 0 unspecified atom stereocenters. The number of hydrogen-bond donors (Lipinski definition) is 1. The molecule has 4 rings (SSSR count). The topological polar surface area (TPSA) is 69.3 Å². The minimum absolute atomic E-state index is 0.237. The Morgan fingerprint density at radius 3 is 2.47 bits per heavy atom. The van der Waals surface area contributed by atoms with Gasteiger partial charge in [0.25, 0.3) is 0 Å². The molecule has 1 saturated carbocycles. The molecule has 0 amide bonds. The number of aromatic nitrogens is 3. The van der Waals surface area contributed by atoms with Crippen molar-refractivity contribution in [1.29, 1.82) is 0 Å². The highest BCUT2D eigenvalue weighted by atomic mass is 19.4. The number of rotatable bonds is 5. The quantitative estimate of drug-likeness (QED) is 0.595. The molecule has 0 aliphatic heterocycles. The van der Waals surface area contributed by atoms with Crippen LogP contribution in [0.4, 0.5) is 13.2 Å². The number of hydrogen-bond acceptors (Lipinski definition) is 4. The van der Waals surface area contributed by atoms with Crippen LogP contribution in [0.15, 0.2) is 47.4 Å². The highest BCUT2D eigenvalue weighted by Gasteiger charge is 2.31. The summed E-state index contributed by atoms with van der Waals surface area (Å²) in [5.41, 5.74) is 2.04. The Bertz CT molecular complexity index is 1140. The molecule has 0 bridgehead atoms. The van der Waals surface area contributed by atoms with Crippen molar-refractivity contribution in [2.75, 3.05) is 0 Å². The van der Waals surface area contributed by atoms with Crippen LogP contribution in [0.2, 0.25) is 0 Å². The largest absolute Gasteiger partial charge is 0.573 e. The van der Waals surface area contributed by atoms with E-state index in [4.69, 9.17) is 0 Å². The predicted molar refractivity (Wildman–Crippen MR) is 112 cm³/mol. The number of pyridine rings is 1. The van der Waals surface area contributed by atoms with Gasteiger partial charge in [-0.3, -0.25) is 9.55 Å². The molecule has 32 heavy (non-hydrogen) atoms. The maximum atomic E-state index is 13.1. The van der Waals surface area contributed by atoms with E-state index in [-0.39, 0.29) is 18.1 Å². The standard InChI is InChI=1S/C23H24F3N3O3/c1-15-21(30)29(18-7-9-19(10-8-18)32-23(24,25)26)22(31)28(15)14-16-11-12-27-20(13-16)17-5-3-2-4-6-17/h7-13,17,30H,2-6,14H2,1H3. The second-order valence-electron chi connectivity index (χ2n) is 8.08. The highest BCUT2D eigenvalue weighted by Crippen LogP contribution is 2.32. The molecule has 6 nitrogen and oxygen atoms in total. The fraction of sp³-hybridized carbons (Fsp3) is 0.391. The number of imidazole rings is 1. The van der Waals surface area contributed by atoms with Gasteiger partial charge in [-0.25, -0.2) is 9.36 Å². The molecule has 1 aromatic carbocycles. The van der Waals surface area contributed by atoms with E-state index in [2.05, 4.69) is 9.72 Å². The highest BCUT2D eigenvalue weighted by molar-refractivity contribution is 5.41. The lowest BCUT2D eigenvalue weighted by Crippen LogP contribution is -2.24. The minimum atomic E-state index is -4.80. The second-order valence-corrected chi connectivity index (χ2v) is 8.08. The molecular formula is C23H24F3N3O3. The van der Waals surface area contributed by atoms with Gasteiger partial charge in [-0.15, -0.1) is 13.2 Å². The average molecular weight is 447 g/mol. The van der Waals surface area contributed by atoms with Crippen LogP contribution < -0.4 is 10.4 Å². The molecular weight excluding hydrogens is 423 g/mol. The minimum Gasteiger partial charge on any atom is -0.493 e. The van der Waals surface area contributed by atoms with Crippen LogP contribution in [0.1, 0.15) is 55.0 Å². The zero-order valence-electron chi connectivity index (χ0n) is 17.6. The molecule has 2 heterocycles. The molecule has 0 atom stereocenters. The van der Waals surface area contributed by atoms with Gasteiger partial charge in [0.2, 0.25) is 5.88 Å². The van der Waals surface area contributed by atoms with Gasteiger partial charge in [-0.1, -0.05) is 19.3 Å². The third-order valence-electron chi connectivity index (χ3n) is 5.90. The maximum absolute atomic E-state index is 13.1. The Balaban J connectivity index is 1.61. The van der Waals surface area contributed by atoms with Crippen LogP contribution >= 0.6 is 0 Å². The SMILES string of the molecule is Cc1c(O)n(-c2ccc(OC(F)(F)F)cc2)c(=O)n1Cc1ccnc(C2CCCCC2)c1. The van der Waals surface area contributed by atoms with Crippen molar-refractivity contribution in [3.63, 3.8) is 0 Å². The number of halogens is 3. The van der Waals surface area contributed by atoms with Crippen LogP contribution in [0.25, 0.3) is 5.69 Å². The summed E-state index contributed by atoms with van der Waals surface area (Å²) < 4.78 is 43.5. The normalized spacial score (nSPS) is 15.1. The van der Waals surface area contributed by atoms with Gasteiger partial charge in [0.1, 0.15) is 5.75 Å². The zero-order valence-corrected chi connectivity index (χ0v) is 17.6. The Morgan fingerprint density at radius 2 is 1.81 bits per heavy atom. The monoisotopic (exact) mass is 447 g/mol. The van der Waals surface area contributed by atoms with Crippen molar-refractivity contribution >= 4 is 0 Å². The number of benzene rings is 1. The van der Waals surface area contributed by atoms with E-state index in [0.29, 0.717) is 11.6 Å². The van der Waals surface area contributed by atoms with Crippen molar-refractivity contribution in [3.8, 4) is 17.3 Å². The van der Waals surface area contributed by atoms with Crippen molar-refractivity contribution in [1.82, 2.24) is 14.1 Å². The van der Waals surface area contributed by atoms with Crippen LogP contribution in [-0.2, 0) is 6.54 Å². The predicted octanol–water partition coefficient (Wildman–Crippen LogP) is 5.04. The third kappa shape index (κ3) is 4.66. The van der Waals surface area contributed by atoms with Crippen LogP contribution in [-0.4, -0.2) is 25.6 Å². The first kappa shape index (κ1) is 22.0. The van der Waals surface area contributed by atoms with E-state index >= 15 is 0 Å². The molecule has 9 heteroatoms. The molecule has 1 aliphatic rings. The third-order valence-corrected chi connectivity index (χ3v) is 5.90.